The molecule has 2 heterocycles. The topological polar surface area (TPSA) is 79.4 Å². The molecule has 152 valence electrons. The molecule has 0 radical (unpaired) electrons. The van der Waals surface area contributed by atoms with Gasteiger partial charge in [-0.05, 0) is 49.1 Å². The summed E-state index contributed by atoms with van der Waals surface area (Å²) < 4.78 is 28.7. The van der Waals surface area contributed by atoms with Crippen LogP contribution in [0.15, 0.2) is 47.4 Å². The lowest BCUT2D eigenvalue weighted by molar-refractivity contribution is 0.102. The molecule has 29 heavy (non-hydrogen) atoms. The third-order valence-electron chi connectivity index (χ3n) is 5.15. The minimum atomic E-state index is -3.71. The molecule has 3 aromatic rings. The SMILES string of the molecule is CCc1ccc2nc(NC(=O)c3ccccc3S(=O)(=O)N3CCCCC3)sc2c1. The molecule has 1 aromatic heterocycles. The van der Waals surface area contributed by atoms with E-state index in [1.807, 2.05) is 12.1 Å². The maximum Gasteiger partial charge on any atom is 0.258 e. The fourth-order valence-electron chi connectivity index (χ4n) is 3.53. The van der Waals surface area contributed by atoms with E-state index < -0.39 is 15.9 Å². The Bertz CT molecular complexity index is 1150. The summed E-state index contributed by atoms with van der Waals surface area (Å²) >= 11 is 1.39. The Morgan fingerprint density at radius 3 is 2.66 bits per heavy atom. The van der Waals surface area contributed by atoms with E-state index in [1.54, 1.807) is 18.2 Å². The number of sulfonamides is 1. The number of nitrogens with one attached hydrogen (secondary N) is 1. The normalized spacial score (nSPS) is 15.5. The van der Waals surface area contributed by atoms with Gasteiger partial charge in [0.05, 0.1) is 20.7 Å². The molecule has 0 atom stereocenters. The van der Waals surface area contributed by atoms with E-state index in [0.717, 1.165) is 35.9 Å². The molecule has 6 nitrogen and oxygen atoms in total. The minimum absolute atomic E-state index is 0.0498. The number of hydrogen-bond acceptors (Lipinski definition) is 5. The average Bonchev–Trinajstić information content (AvgIpc) is 3.15. The Hall–Kier alpha value is -2.29. The van der Waals surface area contributed by atoms with Crippen molar-refractivity contribution in [3.8, 4) is 0 Å². The van der Waals surface area contributed by atoms with Crippen molar-refractivity contribution < 1.29 is 13.2 Å². The van der Waals surface area contributed by atoms with Gasteiger partial charge >= 0.3 is 0 Å². The first-order valence-electron chi connectivity index (χ1n) is 9.79. The van der Waals surface area contributed by atoms with Crippen molar-refractivity contribution in [1.29, 1.82) is 0 Å². The molecule has 1 N–H and O–H groups in total. The summed E-state index contributed by atoms with van der Waals surface area (Å²) in [7, 11) is -3.71. The second-order valence-electron chi connectivity index (χ2n) is 7.09. The van der Waals surface area contributed by atoms with Gasteiger partial charge < -0.3 is 0 Å². The minimum Gasteiger partial charge on any atom is -0.298 e. The first-order chi connectivity index (χ1) is 14.0. The van der Waals surface area contributed by atoms with Gasteiger partial charge in [-0.1, -0.05) is 42.9 Å². The lowest BCUT2D eigenvalue weighted by Crippen LogP contribution is -2.36. The van der Waals surface area contributed by atoms with Crippen molar-refractivity contribution in [2.75, 3.05) is 18.4 Å². The number of aromatic nitrogens is 1. The molecule has 1 amide bonds. The number of aryl methyl sites for hydroxylation is 1. The van der Waals surface area contributed by atoms with Crippen LogP contribution in [0.25, 0.3) is 10.2 Å². The van der Waals surface area contributed by atoms with E-state index in [1.165, 1.54) is 27.3 Å². The second-order valence-corrected chi connectivity index (χ2v) is 10.0. The highest BCUT2D eigenvalue weighted by molar-refractivity contribution is 7.89. The number of carbonyl (C=O) groups is 1. The van der Waals surface area contributed by atoms with Crippen LogP contribution in [-0.2, 0) is 16.4 Å². The summed E-state index contributed by atoms with van der Waals surface area (Å²) in [6.07, 6.45) is 3.65. The number of benzene rings is 2. The first-order valence-corrected chi connectivity index (χ1v) is 12.0. The van der Waals surface area contributed by atoms with Crippen molar-refractivity contribution in [1.82, 2.24) is 9.29 Å². The van der Waals surface area contributed by atoms with Crippen molar-refractivity contribution >= 4 is 42.6 Å². The average molecular weight is 430 g/mol. The van der Waals surface area contributed by atoms with E-state index in [9.17, 15) is 13.2 Å². The van der Waals surface area contributed by atoms with E-state index in [0.29, 0.717) is 18.2 Å². The number of hydrogen-bond donors (Lipinski definition) is 1. The molecule has 1 fully saturated rings. The lowest BCUT2D eigenvalue weighted by Gasteiger charge is -2.26. The van der Waals surface area contributed by atoms with Crippen LogP contribution in [0.5, 0.6) is 0 Å². The van der Waals surface area contributed by atoms with Gasteiger partial charge in [0.2, 0.25) is 10.0 Å². The van der Waals surface area contributed by atoms with E-state index in [2.05, 4.69) is 23.3 Å². The summed E-state index contributed by atoms with van der Waals surface area (Å²) in [5.74, 6) is -0.462. The summed E-state index contributed by atoms with van der Waals surface area (Å²) in [6.45, 7) is 3.08. The molecule has 0 saturated carbocycles. The Kier molecular flexibility index (Phi) is 5.67. The zero-order chi connectivity index (χ0) is 20.4. The maximum absolute atomic E-state index is 13.1. The smallest absolute Gasteiger partial charge is 0.258 e. The molecule has 1 saturated heterocycles. The van der Waals surface area contributed by atoms with Crippen molar-refractivity contribution in [2.45, 2.75) is 37.5 Å². The predicted octanol–water partition coefficient (Wildman–Crippen LogP) is 4.29. The molecule has 8 heteroatoms. The number of carbonyl (C=O) groups excluding carboxylic acids is 1. The van der Waals surface area contributed by atoms with Crippen molar-refractivity contribution in [3.63, 3.8) is 0 Å². The zero-order valence-electron chi connectivity index (χ0n) is 16.2. The number of nitrogens with zero attached hydrogens (tertiary/aromatic N) is 2. The van der Waals surface area contributed by atoms with E-state index >= 15 is 0 Å². The lowest BCUT2D eigenvalue weighted by atomic mass is 10.2. The number of amides is 1. The second kappa shape index (κ2) is 8.22. The number of piperidine rings is 1. The Labute approximate surface area is 174 Å². The van der Waals surface area contributed by atoms with Crippen LogP contribution in [0.1, 0.15) is 42.1 Å². The van der Waals surface area contributed by atoms with Gasteiger partial charge in [-0.2, -0.15) is 4.31 Å². The van der Waals surface area contributed by atoms with Crippen LogP contribution >= 0.6 is 11.3 Å². The van der Waals surface area contributed by atoms with Gasteiger partial charge in [0.15, 0.2) is 5.13 Å². The summed E-state index contributed by atoms with van der Waals surface area (Å²) in [5.41, 5.74) is 2.17. The van der Waals surface area contributed by atoms with Crippen LogP contribution in [0, 0.1) is 0 Å². The van der Waals surface area contributed by atoms with Gasteiger partial charge in [-0.15, -0.1) is 0 Å². The fourth-order valence-corrected chi connectivity index (χ4v) is 6.16. The molecule has 0 spiro atoms. The monoisotopic (exact) mass is 429 g/mol. The Balaban J connectivity index is 1.63. The third kappa shape index (κ3) is 4.05. The highest BCUT2D eigenvalue weighted by Crippen LogP contribution is 2.29. The van der Waals surface area contributed by atoms with Gasteiger partial charge in [0, 0.05) is 13.1 Å². The Morgan fingerprint density at radius 1 is 1.14 bits per heavy atom. The van der Waals surface area contributed by atoms with Crippen LogP contribution in [0.2, 0.25) is 0 Å². The quantitative estimate of drug-likeness (QED) is 0.656. The summed E-state index contributed by atoms with van der Waals surface area (Å²) in [5, 5.41) is 3.25. The number of thiazole rings is 1. The van der Waals surface area contributed by atoms with Crippen LogP contribution < -0.4 is 5.32 Å². The summed E-state index contributed by atoms with van der Waals surface area (Å²) in [4.78, 5) is 17.4. The van der Waals surface area contributed by atoms with Crippen LogP contribution in [-0.4, -0.2) is 36.7 Å². The van der Waals surface area contributed by atoms with Gasteiger partial charge in [-0.25, -0.2) is 13.4 Å². The highest BCUT2D eigenvalue weighted by atomic mass is 32.2. The predicted molar refractivity (Wildman–Crippen MR) is 116 cm³/mol. The van der Waals surface area contributed by atoms with Gasteiger partial charge in [-0.3, -0.25) is 10.1 Å². The van der Waals surface area contributed by atoms with E-state index in [-0.39, 0.29) is 10.5 Å². The highest BCUT2D eigenvalue weighted by Gasteiger charge is 2.30. The molecular weight excluding hydrogens is 406 g/mol. The third-order valence-corrected chi connectivity index (χ3v) is 8.04. The molecule has 0 bridgehead atoms. The number of anilines is 1. The zero-order valence-corrected chi connectivity index (χ0v) is 17.9. The molecule has 4 rings (SSSR count). The van der Waals surface area contributed by atoms with Gasteiger partial charge in [0.1, 0.15) is 0 Å². The molecule has 1 aliphatic heterocycles. The Morgan fingerprint density at radius 2 is 1.90 bits per heavy atom. The van der Waals surface area contributed by atoms with Crippen LogP contribution in [0.4, 0.5) is 5.13 Å². The summed E-state index contributed by atoms with van der Waals surface area (Å²) in [6, 6.07) is 12.4. The number of rotatable bonds is 5. The maximum atomic E-state index is 13.1. The molecular formula is C21H23N3O3S2. The first kappa shape index (κ1) is 20.0. The molecule has 1 aliphatic rings. The standard InChI is InChI=1S/C21H23N3O3S2/c1-2-15-10-11-17-18(14-15)28-21(22-17)23-20(25)16-8-4-5-9-19(16)29(26,27)24-12-6-3-7-13-24/h4-5,8-11,14H,2-3,6-7,12-13H2,1H3,(H,22,23,25). The molecule has 0 unspecified atom stereocenters. The van der Waals surface area contributed by atoms with Crippen molar-refractivity contribution in [2.24, 2.45) is 0 Å². The number of fused-ring (bicyclic) bond motifs is 1. The molecule has 2 aromatic carbocycles. The van der Waals surface area contributed by atoms with Crippen molar-refractivity contribution in [3.05, 3.63) is 53.6 Å². The largest absolute Gasteiger partial charge is 0.298 e. The molecule has 0 aliphatic carbocycles. The van der Waals surface area contributed by atoms with Crippen LogP contribution in [0.3, 0.4) is 0 Å². The van der Waals surface area contributed by atoms with E-state index in [4.69, 9.17) is 0 Å². The fraction of sp³-hybridized carbons (Fsp3) is 0.333. The van der Waals surface area contributed by atoms with Gasteiger partial charge in [0.25, 0.3) is 5.91 Å².